The number of esters is 1. The van der Waals surface area contributed by atoms with Crippen LogP contribution in [0.3, 0.4) is 0 Å². The summed E-state index contributed by atoms with van der Waals surface area (Å²) >= 11 is 1.05. The average molecular weight is 602 g/mol. The molecule has 0 aliphatic carbocycles. The fraction of sp³-hybridized carbons (Fsp3) is 0.194. The van der Waals surface area contributed by atoms with Crippen LogP contribution < -0.4 is 29.1 Å². The number of carbonyl (C=O) groups excluding carboxylic acids is 1. The lowest BCUT2D eigenvalue weighted by Crippen LogP contribution is -2.40. The number of benzene rings is 3. The van der Waals surface area contributed by atoms with Crippen LogP contribution in [0.5, 0.6) is 17.2 Å². The lowest BCUT2D eigenvalue weighted by molar-refractivity contribution is -0.385. The standard InChI is InChI=1S/C31H27N3O8S/c1-5-42-30(36)26-27(18-10-7-6-8-11-18)32-31-33(28(26)19-12-9-13-21(14-19)39-2)29(35)25(43-31)16-20-15-23(40-3)24(41-4)17-22(20)34(37)38/h6-17,28H,5H2,1-4H3/b25-16-. The first kappa shape index (κ1) is 29.3. The summed E-state index contributed by atoms with van der Waals surface area (Å²) in [6.45, 7) is 1.81. The van der Waals surface area contributed by atoms with Gasteiger partial charge in [0.1, 0.15) is 5.75 Å². The van der Waals surface area contributed by atoms with Crippen LogP contribution in [0.1, 0.15) is 29.7 Å². The van der Waals surface area contributed by atoms with Crippen LogP contribution in [0, 0.1) is 10.1 Å². The largest absolute Gasteiger partial charge is 0.497 e. The molecule has 0 saturated carbocycles. The van der Waals surface area contributed by atoms with Gasteiger partial charge in [-0.2, -0.15) is 0 Å². The highest BCUT2D eigenvalue weighted by molar-refractivity contribution is 7.07. The number of nitrogens with zero attached hydrogens (tertiary/aromatic N) is 3. The van der Waals surface area contributed by atoms with E-state index in [1.807, 2.05) is 30.3 Å². The van der Waals surface area contributed by atoms with Crippen molar-refractivity contribution < 1.29 is 28.7 Å². The maximum absolute atomic E-state index is 14.1. The van der Waals surface area contributed by atoms with E-state index >= 15 is 0 Å². The smallest absolute Gasteiger partial charge is 0.338 e. The molecular formula is C31H27N3O8S. The molecule has 3 aromatic carbocycles. The minimum atomic E-state index is -0.928. The van der Waals surface area contributed by atoms with E-state index in [0.29, 0.717) is 27.4 Å². The Kier molecular flexibility index (Phi) is 8.39. The van der Waals surface area contributed by atoms with Crippen LogP contribution in [0.15, 0.2) is 82.1 Å². The molecule has 0 saturated heterocycles. The molecule has 0 bridgehead atoms. The van der Waals surface area contributed by atoms with Gasteiger partial charge in [0.05, 0.1) is 66.3 Å². The molecule has 12 heteroatoms. The normalized spacial score (nSPS) is 14.5. The van der Waals surface area contributed by atoms with Crippen molar-refractivity contribution in [2.75, 3.05) is 27.9 Å². The van der Waals surface area contributed by atoms with Crippen molar-refractivity contribution in [1.82, 2.24) is 4.57 Å². The lowest BCUT2D eigenvalue weighted by atomic mass is 9.93. The summed E-state index contributed by atoms with van der Waals surface area (Å²) in [4.78, 5) is 44.2. The second-order valence-electron chi connectivity index (χ2n) is 9.23. The van der Waals surface area contributed by atoms with Gasteiger partial charge in [0.25, 0.3) is 11.2 Å². The van der Waals surface area contributed by atoms with Crippen LogP contribution in [0.25, 0.3) is 11.8 Å². The van der Waals surface area contributed by atoms with E-state index in [2.05, 4.69) is 0 Å². The van der Waals surface area contributed by atoms with E-state index in [9.17, 15) is 19.7 Å². The molecule has 1 aliphatic heterocycles. The van der Waals surface area contributed by atoms with E-state index in [0.717, 1.165) is 11.3 Å². The summed E-state index contributed by atoms with van der Waals surface area (Å²) < 4.78 is 23.1. The molecule has 4 aromatic rings. The van der Waals surface area contributed by atoms with Crippen molar-refractivity contribution in [2.24, 2.45) is 4.99 Å². The van der Waals surface area contributed by atoms with Crippen molar-refractivity contribution in [3.05, 3.63) is 119 Å². The maximum atomic E-state index is 14.1. The predicted molar refractivity (Wildman–Crippen MR) is 160 cm³/mol. The highest BCUT2D eigenvalue weighted by Gasteiger charge is 2.35. The SMILES string of the molecule is CCOC(=O)C1=C(c2ccccc2)N=c2s/c(=C\c3cc(OC)c(OC)cc3[N+](=O)[O-])c(=O)n2C1c1cccc(OC)c1. The van der Waals surface area contributed by atoms with Gasteiger partial charge in [0, 0.05) is 5.56 Å². The van der Waals surface area contributed by atoms with E-state index < -0.39 is 22.5 Å². The molecule has 1 unspecified atom stereocenters. The zero-order valence-electron chi connectivity index (χ0n) is 23.7. The summed E-state index contributed by atoms with van der Waals surface area (Å²) in [5.41, 5.74) is 1.16. The van der Waals surface area contributed by atoms with Crippen molar-refractivity contribution in [1.29, 1.82) is 0 Å². The Balaban J connectivity index is 1.85. The first-order chi connectivity index (χ1) is 20.8. The molecule has 0 fully saturated rings. The number of ether oxygens (including phenoxy) is 4. The van der Waals surface area contributed by atoms with Gasteiger partial charge >= 0.3 is 5.97 Å². The van der Waals surface area contributed by atoms with Gasteiger partial charge < -0.3 is 18.9 Å². The number of hydrogen-bond acceptors (Lipinski definition) is 10. The van der Waals surface area contributed by atoms with Crippen LogP contribution in [-0.4, -0.2) is 43.4 Å². The van der Waals surface area contributed by atoms with E-state index in [1.165, 1.54) is 44.1 Å². The zero-order valence-corrected chi connectivity index (χ0v) is 24.5. The Morgan fingerprint density at radius 1 is 1.02 bits per heavy atom. The minimum Gasteiger partial charge on any atom is -0.497 e. The van der Waals surface area contributed by atoms with Gasteiger partial charge in [-0.05, 0) is 36.8 Å². The predicted octanol–water partition coefficient (Wildman–Crippen LogP) is 3.87. The summed E-state index contributed by atoms with van der Waals surface area (Å²) in [5, 5.41) is 12.0. The maximum Gasteiger partial charge on any atom is 0.338 e. The molecule has 11 nitrogen and oxygen atoms in total. The van der Waals surface area contributed by atoms with Crippen LogP contribution >= 0.6 is 11.3 Å². The molecule has 220 valence electrons. The van der Waals surface area contributed by atoms with Gasteiger partial charge in [0.2, 0.25) is 0 Å². The molecule has 1 aliphatic rings. The lowest BCUT2D eigenvalue weighted by Gasteiger charge is -2.26. The summed E-state index contributed by atoms with van der Waals surface area (Å²) in [6, 6.07) is 18.0. The Morgan fingerprint density at radius 3 is 2.40 bits per heavy atom. The number of thiazole rings is 1. The number of carbonyl (C=O) groups is 1. The summed E-state index contributed by atoms with van der Waals surface area (Å²) in [6.07, 6.45) is 1.42. The van der Waals surface area contributed by atoms with Crippen molar-refractivity contribution >= 4 is 34.8 Å². The molecule has 1 aromatic heterocycles. The highest BCUT2D eigenvalue weighted by atomic mass is 32.1. The zero-order chi connectivity index (χ0) is 30.7. The number of rotatable bonds is 9. The Labute approximate surface area is 249 Å². The third kappa shape index (κ3) is 5.52. The van der Waals surface area contributed by atoms with Gasteiger partial charge in [-0.15, -0.1) is 0 Å². The average Bonchev–Trinajstić information content (AvgIpc) is 3.34. The fourth-order valence-corrected chi connectivity index (χ4v) is 5.86. The molecular weight excluding hydrogens is 574 g/mol. The van der Waals surface area contributed by atoms with Crippen molar-refractivity contribution in [3.63, 3.8) is 0 Å². The first-order valence-electron chi connectivity index (χ1n) is 13.1. The molecule has 0 radical (unpaired) electrons. The number of nitro benzene ring substituents is 1. The van der Waals surface area contributed by atoms with Crippen molar-refractivity contribution in [2.45, 2.75) is 13.0 Å². The number of nitro groups is 1. The summed E-state index contributed by atoms with van der Waals surface area (Å²) in [7, 11) is 4.32. The molecule has 43 heavy (non-hydrogen) atoms. The van der Waals surface area contributed by atoms with E-state index in [1.54, 1.807) is 31.2 Å². The van der Waals surface area contributed by atoms with Crippen LogP contribution in [-0.2, 0) is 9.53 Å². The van der Waals surface area contributed by atoms with Gasteiger partial charge in [0.15, 0.2) is 16.3 Å². The monoisotopic (exact) mass is 601 g/mol. The third-order valence-corrected chi connectivity index (χ3v) is 7.78. The van der Waals surface area contributed by atoms with E-state index in [4.69, 9.17) is 23.9 Å². The minimum absolute atomic E-state index is 0.114. The van der Waals surface area contributed by atoms with Gasteiger partial charge in [-0.25, -0.2) is 9.79 Å². The number of aromatic nitrogens is 1. The topological polar surface area (TPSA) is 131 Å². The highest BCUT2D eigenvalue weighted by Crippen LogP contribution is 2.37. The number of fused-ring (bicyclic) bond motifs is 1. The second-order valence-corrected chi connectivity index (χ2v) is 10.2. The van der Waals surface area contributed by atoms with E-state index in [-0.39, 0.29) is 39.5 Å². The van der Waals surface area contributed by atoms with Gasteiger partial charge in [-0.3, -0.25) is 19.5 Å². The fourth-order valence-electron chi connectivity index (χ4n) is 4.87. The van der Waals surface area contributed by atoms with Crippen molar-refractivity contribution in [3.8, 4) is 17.2 Å². The molecule has 0 spiro atoms. The Morgan fingerprint density at radius 2 is 1.74 bits per heavy atom. The second kappa shape index (κ2) is 12.3. The molecule has 0 N–H and O–H groups in total. The Bertz CT molecular complexity index is 1930. The molecule has 1 atom stereocenters. The number of hydrogen-bond donors (Lipinski definition) is 0. The van der Waals surface area contributed by atoms with Gasteiger partial charge in [-0.1, -0.05) is 53.8 Å². The quantitative estimate of drug-likeness (QED) is 0.161. The number of methoxy groups -OCH3 is 3. The Hall–Kier alpha value is -5.23. The van der Waals surface area contributed by atoms with Crippen LogP contribution in [0.4, 0.5) is 5.69 Å². The molecule has 2 heterocycles. The third-order valence-electron chi connectivity index (χ3n) is 6.80. The first-order valence-corrected chi connectivity index (χ1v) is 14.0. The molecule has 5 rings (SSSR count). The summed E-state index contributed by atoms with van der Waals surface area (Å²) in [5.74, 6) is 0.347. The molecule has 0 amide bonds. The van der Waals surface area contributed by atoms with Crippen LogP contribution in [0.2, 0.25) is 0 Å².